The van der Waals surface area contributed by atoms with Crippen molar-refractivity contribution in [3.05, 3.63) is 69.9 Å². The summed E-state index contributed by atoms with van der Waals surface area (Å²) in [6.45, 7) is 8.21. The van der Waals surface area contributed by atoms with Gasteiger partial charge in [0, 0.05) is 29.3 Å². The van der Waals surface area contributed by atoms with Gasteiger partial charge in [-0.05, 0) is 49.6 Å². The molecule has 0 bridgehead atoms. The minimum absolute atomic E-state index is 0.303. The number of nitrogens with zero attached hydrogens (tertiary/aromatic N) is 3. The number of halogens is 1. The van der Waals surface area contributed by atoms with E-state index in [1.165, 1.54) is 0 Å². The molecule has 0 unspecified atom stereocenters. The van der Waals surface area contributed by atoms with Crippen molar-refractivity contribution in [1.29, 1.82) is 0 Å². The molecule has 0 amide bonds. The molecule has 3 aromatic rings. The Balaban J connectivity index is 0.00000119. The Labute approximate surface area is 193 Å². The number of aryl methyl sites for hydroxylation is 1. The zero-order chi connectivity index (χ0) is 22.8. The summed E-state index contributed by atoms with van der Waals surface area (Å²) in [5, 5.41) is 14.3. The van der Waals surface area contributed by atoms with Gasteiger partial charge in [0.05, 0.1) is 23.9 Å². The summed E-state index contributed by atoms with van der Waals surface area (Å²) in [7, 11) is 0. The zero-order valence-corrected chi connectivity index (χ0v) is 19.4. The van der Waals surface area contributed by atoms with Gasteiger partial charge in [-0.1, -0.05) is 48.8 Å². The lowest BCUT2D eigenvalue weighted by Gasteiger charge is -2.44. The summed E-state index contributed by atoms with van der Waals surface area (Å²) in [5.41, 5.74) is 5.20. The number of rotatable bonds is 6. The van der Waals surface area contributed by atoms with Crippen molar-refractivity contribution in [2.45, 2.75) is 46.1 Å². The monoisotopic (exact) mass is 453 g/mol. The highest BCUT2D eigenvalue weighted by atomic mass is 35.5. The highest BCUT2D eigenvalue weighted by molar-refractivity contribution is 6.33. The van der Waals surface area contributed by atoms with Crippen LogP contribution in [-0.2, 0) is 6.54 Å². The van der Waals surface area contributed by atoms with Crippen molar-refractivity contribution in [2.24, 2.45) is 0 Å². The summed E-state index contributed by atoms with van der Waals surface area (Å²) < 4.78 is 5.79. The first kappa shape index (κ1) is 22.4. The minimum Gasteiger partial charge on any atom is -0.478 e. The lowest BCUT2D eigenvalue weighted by atomic mass is 9.99. The number of benzene rings is 2. The number of aromatic nitrogens is 1. The van der Waals surface area contributed by atoms with Crippen LogP contribution in [0.4, 0.5) is 5.69 Å². The largest absolute Gasteiger partial charge is 0.478 e. The Morgan fingerprint density at radius 2 is 1.91 bits per heavy atom. The summed E-state index contributed by atoms with van der Waals surface area (Å²) in [5.74, 6) is 0.525. The van der Waals surface area contributed by atoms with E-state index in [1.807, 2.05) is 45.0 Å². The van der Waals surface area contributed by atoms with Crippen LogP contribution in [0.15, 0.2) is 47.0 Å². The molecule has 168 valence electrons. The highest BCUT2D eigenvalue weighted by Gasteiger charge is 2.35. The van der Waals surface area contributed by atoms with E-state index < -0.39 is 5.97 Å². The predicted octanol–water partition coefficient (Wildman–Crippen LogP) is 6.14. The number of anilines is 1. The Morgan fingerprint density at radius 1 is 1.19 bits per heavy atom. The average molecular weight is 454 g/mol. The fraction of sp³-hybridized carbons (Fsp3) is 0.360. The molecule has 0 spiro atoms. The third-order valence-corrected chi connectivity index (χ3v) is 6.12. The van der Waals surface area contributed by atoms with Gasteiger partial charge >= 0.3 is 5.97 Å². The van der Waals surface area contributed by atoms with Gasteiger partial charge in [-0.3, -0.25) is 4.90 Å². The third kappa shape index (κ3) is 4.38. The molecule has 2 fully saturated rings. The topological polar surface area (TPSA) is 69.8 Å². The van der Waals surface area contributed by atoms with Crippen LogP contribution in [0.2, 0.25) is 5.02 Å². The SMILES string of the molecule is CC.Cc1cccc(Cl)c1-c1noc(C2CC2)c1CN1CN(c2cccc(C(=O)O)c2)C1. The first-order valence-electron chi connectivity index (χ1n) is 11.1. The number of hydrogen-bond donors (Lipinski definition) is 1. The van der Waals surface area contributed by atoms with E-state index in [1.54, 1.807) is 18.2 Å². The Morgan fingerprint density at radius 3 is 2.56 bits per heavy atom. The summed E-state index contributed by atoms with van der Waals surface area (Å²) >= 11 is 6.52. The van der Waals surface area contributed by atoms with Gasteiger partial charge < -0.3 is 14.5 Å². The molecule has 2 aliphatic rings. The molecule has 32 heavy (non-hydrogen) atoms. The van der Waals surface area contributed by atoms with Crippen LogP contribution in [0.1, 0.15) is 59.9 Å². The second-order valence-electron chi connectivity index (χ2n) is 8.09. The van der Waals surface area contributed by atoms with Crippen LogP contribution in [0.25, 0.3) is 11.3 Å². The molecule has 1 saturated heterocycles. The van der Waals surface area contributed by atoms with Crippen molar-refractivity contribution in [3.63, 3.8) is 0 Å². The highest BCUT2D eigenvalue weighted by Crippen LogP contribution is 2.45. The van der Waals surface area contributed by atoms with Crippen molar-refractivity contribution in [3.8, 4) is 11.3 Å². The molecule has 7 heteroatoms. The molecule has 1 saturated carbocycles. The van der Waals surface area contributed by atoms with Crippen molar-refractivity contribution >= 4 is 23.3 Å². The van der Waals surface area contributed by atoms with E-state index in [9.17, 15) is 9.90 Å². The quantitative estimate of drug-likeness (QED) is 0.483. The van der Waals surface area contributed by atoms with Gasteiger partial charge in [0.15, 0.2) is 0 Å². The second-order valence-corrected chi connectivity index (χ2v) is 8.49. The van der Waals surface area contributed by atoms with Gasteiger partial charge in [0.2, 0.25) is 0 Å². The van der Waals surface area contributed by atoms with E-state index in [-0.39, 0.29) is 0 Å². The third-order valence-electron chi connectivity index (χ3n) is 5.81. The number of carboxylic acids is 1. The molecule has 0 atom stereocenters. The van der Waals surface area contributed by atoms with Crippen LogP contribution in [0, 0.1) is 6.92 Å². The van der Waals surface area contributed by atoms with Gasteiger partial charge in [0.1, 0.15) is 11.5 Å². The van der Waals surface area contributed by atoms with Crippen molar-refractivity contribution in [1.82, 2.24) is 10.1 Å². The molecule has 1 N–H and O–H groups in total. The van der Waals surface area contributed by atoms with E-state index in [0.29, 0.717) is 16.5 Å². The molecular weight excluding hydrogens is 426 g/mol. The van der Waals surface area contributed by atoms with Crippen LogP contribution in [0.5, 0.6) is 0 Å². The summed E-state index contributed by atoms with van der Waals surface area (Å²) in [6.07, 6.45) is 2.27. The molecule has 2 heterocycles. The summed E-state index contributed by atoms with van der Waals surface area (Å²) in [4.78, 5) is 15.7. The first-order valence-corrected chi connectivity index (χ1v) is 11.4. The number of carboxylic acid groups (broad SMARTS) is 1. The van der Waals surface area contributed by atoms with Gasteiger partial charge in [-0.15, -0.1) is 0 Å². The molecule has 2 aromatic carbocycles. The van der Waals surface area contributed by atoms with Crippen LogP contribution >= 0.6 is 11.6 Å². The Bertz CT molecular complexity index is 1100. The maximum absolute atomic E-state index is 11.2. The molecule has 6 nitrogen and oxygen atoms in total. The summed E-state index contributed by atoms with van der Waals surface area (Å²) in [6, 6.07) is 12.9. The lowest BCUT2D eigenvalue weighted by Crippen LogP contribution is -2.54. The molecule has 1 aromatic heterocycles. The Hall–Kier alpha value is -2.83. The Kier molecular flexibility index (Phi) is 6.53. The minimum atomic E-state index is -0.910. The van der Waals surface area contributed by atoms with E-state index in [2.05, 4.69) is 15.0 Å². The van der Waals surface area contributed by atoms with Crippen LogP contribution < -0.4 is 4.90 Å². The zero-order valence-electron chi connectivity index (χ0n) is 18.6. The molecule has 1 aliphatic heterocycles. The van der Waals surface area contributed by atoms with Crippen molar-refractivity contribution < 1.29 is 14.4 Å². The van der Waals surface area contributed by atoms with Gasteiger partial charge in [-0.25, -0.2) is 4.79 Å². The maximum atomic E-state index is 11.2. The first-order chi connectivity index (χ1) is 15.5. The average Bonchev–Trinajstić information content (AvgIpc) is 3.53. The smallest absolute Gasteiger partial charge is 0.335 e. The number of aromatic carboxylic acids is 1. The van der Waals surface area contributed by atoms with Crippen LogP contribution in [0.3, 0.4) is 0 Å². The normalized spacial score (nSPS) is 15.7. The van der Waals surface area contributed by atoms with Crippen LogP contribution in [-0.4, -0.2) is 34.5 Å². The lowest BCUT2D eigenvalue weighted by molar-refractivity contribution is 0.0697. The van der Waals surface area contributed by atoms with Crippen molar-refractivity contribution in [2.75, 3.05) is 18.2 Å². The van der Waals surface area contributed by atoms with E-state index in [4.69, 9.17) is 16.1 Å². The number of carbonyl (C=O) groups is 1. The molecule has 1 aliphatic carbocycles. The van der Waals surface area contributed by atoms with E-state index >= 15 is 0 Å². The maximum Gasteiger partial charge on any atom is 0.335 e. The number of hydrogen-bond acceptors (Lipinski definition) is 5. The van der Waals surface area contributed by atoms with Gasteiger partial charge in [0.25, 0.3) is 0 Å². The standard InChI is InChI=1S/C23H22ClN3O3.C2H6/c1-14-4-2-7-19(24)20(14)21-18(22(30-25-21)15-8-9-15)11-26-12-27(13-26)17-6-3-5-16(10-17)23(28)29;1-2/h2-7,10,15H,8-9,11-13H2,1H3,(H,28,29);1-2H3. The fourth-order valence-corrected chi connectivity index (χ4v) is 4.34. The fourth-order valence-electron chi connectivity index (χ4n) is 4.03. The molecular formula is C25H28ClN3O3. The predicted molar refractivity (Wildman–Crippen MR) is 126 cm³/mol. The molecule has 5 rings (SSSR count). The second kappa shape index (κ2) is 9.35. The molecule has 0 radical (unpaired) electrons. The van der Waals surface area contributed by atoms with E-state index in [0.717, 1.165) is 66.6 Å². The van der Waals surface area contributed by atoms with Gasteiger partial charge in [-0.2, -0.15) is 0 Å².